The van der Waals surface area contributed by atoms with E-state index in [1.807, 2.05) is 56.3 Å². The van der Waals surface area contributed by atoms with Crippen molar-refractivity contribution in [3.05, 3.63) is 59.2 Å². The predicted molar refractivity (Wildman–Crippen MR) is 131 cm³/mol. The average molecular weight is 467 g/mol. The van der Waals surface area contributed by atoms with E-state index in [1.165, 1.54) is 10.5 Å². The number of benzene rings is 2. The normalized spacial score (nSPS) is 11.3. The summed E-state index contributed by atoms with van der Waals surface area (Å²) in [5, 5.41) is 11.3. The van der Waals surface area contributed by atoms with Crippen molar-refractivity contribution in [1.82, 2.24) is 15.1 Å². The molecule has 2 amide bonds. The molecule has 0 radical (unpaired) electrons. The van der Waals surface area contributed by atoms with Crippen LogP contribution in [0.2, 0.25) is 0 Å². The molecular weight excluding hydrogens is 436 g/mol. The van der Waals surface area contributed by atoms with Crippen molar-refractivity contribution in [2.75, 3.05) is 24.7 Å². The number of anilines is 1. The molecule has 0 unspecified atom stereocenters. The highest BCUT2D eigenvalue weighted by atomic mass is 32.2. The number of nitrogens with one attached hydrogen (secondary N) is 1. The van der Waals surface area contributed by atoms with Gasteiger partial charge in [0.05, 0.1) is 12.3 Å². The first-order valence-corrected chi connectivity index (χ1v) is 11.7. The number of carbonyl (C=O) groups is 2. The summed E-state index contributed by atoms with van der Waals surface area (Å²) in [6, 6.07) is 13.8. The van der Waals surface area contributed by atoms with Gasteiger partial charge in [-0.25, -0.2) is 0 Å². The van der Waals surface area contributed by atoms with E-state index in [0.29, 0.717) is 11.1 Å². The first-order valence-electron chi connectivity index (χ1n) is 10.7. The van der Waals surface area contributed by atoms with E-state index in [4.69, 9.17) is 4.42 Å². The molecule has 7 nitrogen and oxygen atoms in total. The van der Waals surface area contributed by atoms with Gasteiger partial charge in [-0.3, -0.25) is 9.59 Å². The summed E-state index contributed by atoms with van der Waals surface area (Å²) < 4.78 is 5.70. The zero-order chi connectivity index (χ0) is 24.2. The van der Waals surface area contributed by atoms with Crippen molar-refractivity contribution in [3.63, 3.8) is 0 Å². The predicted octanol–water partition coefficient (Wildman–Crippen LogP) is 4.84. The summed E-state index contributed by atoms with van der Waals surface area (Å²) >= 11 is 1.15. The minimum absolute atomic E-state index is 0.0393. The van der Waals surface area contributed by atoms with Gasteiger partial charge in [0.1, 0.15) is 0 Å². The minimum atomic E-state index is -0.243. The lowest BCUT2D eigenvalue weighted by Gasteiger charge is -2.18. The Labute approximate surface area is 199 Å². The summed E-state index contributed by atoms with van der Waals surface area (Å²) in [7, 11) is 1.60. The first-order chi connectivity index (χ1) is 15.5. The van der Waals surface area contributed by atoms with Crippen LogP contribution in [0.5, 0.6) is 0 Å². The second kappa shape index (κ2) is 10.2. The van der Waals surface area contributed by atoms with Crippen LogP contribution in [0.15, 0.2) is 52.1 Å². The fourth-order valence-corrected chi connectivity index (χ4v) is 3.93. The van der Waals surface area contributed by atoms with Crippen LogP contribution in [0, 0.1) is 13.8 Å². The first kappa shape index (κ1) is 24.5. The van der Waals surface area contributed by atoms with E-state index in [-0.39, 0.29) is 29.5 Å². The quantitative estimate of drug-likeness (QED) is 0.501. The Bertz CT molecular complexity index is 1110. The Morgan fingerprint density at radius 3 is 2.27 bits per heavy atom. The lowest BCUT2D eigenvalue weighted by molar-refractivity contribution is -0.131. The van der Waals surface area contributed by atoms with Crippen molar-refractivity contribution in [1.29, 1.82) is 0 Å². The van der Waals surface area contributed by atoms with Gasteiger partial charge in [-0.05, 0) is 48.1 Å². The molecule has 1 N–H and O–H groups in total. The molecule has 0 saturated carbocycles. The number of amides is 2. The fraction of sp³-hybridized carbons (Fsp3) is 0.360. The van der Waals surface area contributed by atoms with Crippen LogP contribution in [0.25, 0.3) is 11.5 Å². The maximum Gasteiger partial charge on any atom is 0.277 e. The van der Waals surface area contributed by atoms with E-state index < -0.39 is 0 Å². The number of thioether (sulfide) groups is 1. The maximum atomic E-state index is 12.5. The maximum absolute atomic E-state index is 12.5. The van der Waals surface area contributed by atoms with Gasteiger partial charge in [-0.1, -0.05) is 62.9 Å². The largest absolute Gasteiger partial charge is 0.411 e. The number of aryl methyl sites for hydroxylation is 2. The van der Waals surface area contributed by atoms with Crippen LogP contribution in [0.3, 0.4) is 0 Å². The number of carbonyl (C=O) groups excluding carboxylic acids is 2. The Morgan fingerprint density at radius 1 is 1.03 bits per heavy atom. The Kier molecular flexibility index (Phi) is 7.58. The number of aromatic nitrogens is 2. The lowest BCUT2D eigenvalue weighted by Crippen LogP contribution is -2.36. The highest BCUT2D eigenvalue weighted by Crippen LogP contribution is 2.27. The number of likely N-dealkylation sites (N-methyl/N-ethyl adjacent to an activating group) is 1. The third-order valence-corrected chi connectivity index (χ3v) is 6.08. The molecule has 0 aliphatic heterocycles. The number of rotatable bonds is 7. The van der Waals surface area contributed by atoms with Gasteiger partial charge in [0, 0.05) is 18.3 Å². The van der Waals surface area contributed by atoms with Crippen LogP contribution >= 0.6 is 11.8 Å². The molecule has 0 saturated heterocycles. The number of para-hydroxylation sites is 1. The van der Waals surface area contributed by atoms with Crippen LogP contribution in [0.1, 0.15) is 37.5 Å². The summed E-state index contributed by atoms with van der Waals surface area (Å²) in [5.74, 6) is 0.0577. The summed E-state index contributed by atoms with van der Waals surface area (Å²) in [6.45, 7) is 10.3. The van der Waals surface area contributed by atoms with Gasteiger partial charge in [0.2, 0.25) is 17.7 Å². The molecular formula is C25H30N4O3S. The molecule has 33 heavy (non-hydrogen) atoms. The van der Waals surface area contributed by atoms with Crippen molar-refractivity contribution in [2.24, 2.45) is 0 Å². The van der Waals surface area contributed by atoms with Gasteiger partial charge < -0.3 is 14.6 Å². The molecule has 1 aromatic heterocycles. The highest BCUT2D eigenvalue weighted by molar-refractivity contribution is 7.99. The highest BCUT2D eigenvalue weighted by Gasteiger charge is 2.18. The molecule has 0 fully saturated rings. The third-order valence-electron chi connectivity index (χ3n) is 5.28. The Balaban J connectivity index is 1.52. The van der Waals surface area contributed by atoms with Gasteiger partial charge in [0.25, 0.3) is 5.22 Å². The Hall–Kier alpha value is -3.13. The van der Waals surface area contributed by atoms with Crippen LogP contribution in [-0.4, -0.2) is 46.3 Å². The summed E-state index contributed by atoms with van der Waals surface area (Å²) in [6.07, 6.45) is 0. The van der Waals surface area contributed by atoms with Gasteiger partial charge in [0.15, 0.2) is 0 Å². The van der Waals surface area contributed by atoms with Gasteiger partial charge >= 0.3 is 0 Å². The minimum Gasteiger partial charge on any atom is -0.411 e. The van der Waals surface area contributed by atoms with E-state index in [1.54, 1.807) is 7.05 Å². The van der Waals surface area contributed by atoms with Crippen molar-refractivity contribution in [2.45, 2.75) is 45.3 Å². The zero-order valence-electron chi connectivity index (χ0n) is 19.9. The van der Waals surface area contributed by atoms with E-state index in [9.17, 15) is 9.59 Å². The molecule has 1 heterocycles. The molecule has 8 heteroatoms. The smallest absolute Gasteiger partial charge is 0.277 e. The molecule has 0 aliphatic carbocycles. The standard InChI is InChI=1S/C25H30N4O3S/c1-16-8-7-9-17(2)22(16)26-20(30)14-29(6)21(31)15-33-24-28-27-23(32-24)18-10-12-19(13-11-18)25(3,4)5/h7-13H,14-15H2,1-6H3,(H,26,30). The molecule has 2 aromatic carbocycles. The molecule has 0 spiro atoms. The second-order valence-corrected chi connectivity index (χ2v) is 9.98. The molecule has 0 aliphatic rings. The second-order valence-electron chi connectivity index (χ2n) is 9.05. The number of hydrogen-bond donors (Lipinski definition) is 1. The van der Waals surface area contributed by atoms with Crippen molar-refractivity contribution in [3.8, 4) is 11.5 Å². The monoisotopic (exact) mass is 466 g/mol. The van der Waals surface area contributed by atoms with Crippen molar-refractivity contribution >= 4 is 29.3 Å². The van der Waals surface area contributed by atoms with E-state index in [0.717, 1.165) is 34.1 Å². The number of nitrogens with zero attached hydrogens (tertiary/aromatic N) is 3. The summed E-state index contributed by atoms with van der Waals surface area (Å²) in [4.78, 5) is 26.3. The van der Waals surface area contributed by atoms with Crippen LogP contribution in [0.4, 0.5) is 5.69 Å². The lowest BCUT2D eigenvalue weighted by atomic mass is 9.87. The van der Waals surface area contributed by atoms with Crippen molar-refractivity contribution < 1.29 is 14.0 Å². The summed E-state index contributed by atoms with van der Waals surface area (Å²) in [5.41, 5.74) is 4.86. The zero-order valence-corrected chi connectivity index (χ0v) is 20.7. The van der Waals surface area contributed by atoms with Crippen LogP contribution < -0.4 is 5.32 Å². The average Bonchev–Trinajstić information content (AvgIpc) is 3.23. The molecule has 174 valence electrons. The molecule has 3 rings (SSSR count). The molecule has 0 bridgehead atoms. The molecule has 0 atom stereocenters. The van der Waals surface area contributed by atoms with E-state index >= 15 is 0 Å². The van der Waals surface area contributed by atoms with E-state index in [2.05, 4.69) is 36.3 Å². The van der Waals surface area contributed by atoms with Gasteiger partial charge in [-0.2, -0.15) is 0 Å². The van der Waals surface area contributed by atoms with Crippen LogP contribution in [-0.2, 0) is 15.0 Å². The SMILES string of the molecule is Cc1cccc(C)c1NC(=O)CN(C)C(=O)CSc1nnc(-c2ccc(C(C)(C)C)cc2)o1. The third kappa shape index (κ3) is 6.44. The topological polar surface area (TPSA) is 88.3 Å². The fourth-order valence-electron chi connectivity index (χ4n) is 3.23. The number of hydrogen-bond acceptors (Lipinski definition) is 6. The van der Waals surface area contributed by atoms with Gasteiger partial charge in [-0.15, -0.1) is 10.2 Å². The molecule has 3 aromatic rings. The Morgan fingerprint density at radius 2 is 1.67 bits per heavy atom.